The lowest BCUT2D eigenvalue weighted by atomic mass is 10.1. The standard InChI is InChI=1S/C24H21N3O5S/c1-4-32-21-13-19(27(29)30)17(12-20(21)31-3)23(28)25-16-8-6-15(7-9-16)24-26-18-10-5-14(2)11-22(18)33-24/h5-13H,4H2,1-3H3,(H,25,28). The summed E-state index contributed by atoms with van der Waals surface area (Å²) in [5, 5.41) is 15.1. The molecule has 0 saturated heterocycles. The Bertz CT molecular complexity index is 1350. The molecule has 33 heavy (non-hydrogen) atoms. The molecule has 1 N–H and O–H groups in total. The van der Waals surface area contributed by atoms with Crippen LogP contribution >= 0.6 is 11.3 Å². The molecule has 1 aromatic heterocycles. The van der Waals surface area contributed by atoms with E-state index in [1.54, 1.807) is 30.4 Å². The normalized spacial score (nSPS) is 10.8. The zero-order valence-corrected chi connectivity index (χ0v) is 19.1. The zero-order chi connectivity index (χ0) is 23.5. The Labute approximate surface area is 194 Å². The number of ether oxygens (including phenoxy) is 2. The highest BCUT2D eigenvalue weighted by molar-refractivity contribution is 7.21. The van der Waals surface area contributed by atoms with Crippen molar-refractivity contribution in [2.75, 3.05) is 19.0 Å². The Kier molecular flexibility index (Phi) is 6.23. The molecule has 1 heterocycles. The van der Waals surface area contributed by atoms with Crippen molar-refractivity contribution in [1.82, 2.24) is 4.98 Å². The maximum atomic E-state index is 12.9. The number of rotatable bonds is 7. The molecule has 0 saturated carbocycles. The number of thiazole rings is 1. The van der Waals surface area contributed by atoms with Gasteiger partial charge in [-0.05, 0) is 55.8 Å². The van der Waals surface area contributed by atoms with Crippen LogP contribution in [0.4, 0.5) is 11.4 Å². The van der Waals surface area contributed by atoms with Crippen LogP contribution in [0.25, 0.3) is 20.8 Å². The van der Waals surface area contributed by atoms with Crippen molar-refractivity contribution in [2.45, 2.75) is 13.8 Å². The summed E-state index contributed by atoms with van der Waals surface area (Å²) >= 11 is 1.60. The number of nitrogens with one attached hydrogen (secondary N) is 1. The van der Waals surface area contributed by atoms with E-state index in [0.29, 0.717) is 12.3 Å². The van der Waals surface area contributed by atoms with Crippen LogP contribution in [0.5, 0.6) is 11.5 Å². The summed E-state index contributed by atoms with van der Waals surface area (Å²) < 4.78 is 11.7. The van der Waals surface area contributed by atoms with Crippen molar-refractivity contribution in [3.8, 4) is 22.1 Å². The molecule has 0 aliphatic rings. The maximum Gasteiger partial charge on any atom is 0.286 e. The third-order valence-electron chi connectivity index (χ3n) is 4.96. The fourth-order valence-corrected chi connectivity index (χ4v) is 4.43. The largest absolute Gasteiger partial charge is 0.493 e. The van der Waals surface area contributed by atoms with Crippen molar-refractivity contribution in [1.29, 1.82) is 0 Å². The second-order valence-corrected chi connectivity index (χ2v) is 8.26. The predicted octanol–water partition coefficient (Wildman–Crippen LogP) is 5.84. The van der Waals surface area contributed by atoms with Crippen molar-refractivity contribution in [3.05, 3.63) is 75.8 Å². The Morgan fingerprint density at radius 3 is 2.55 bits per heavy atom. The lowest BCUT2D eigenvalue weighted by molar-refractivity contribution is -0.385. The zero-order valence-electron chi connectivity index (χ0n) is 18.2. The average molecular weight is 464 g/mol. The summed E-state index contributed by atoms with van der Waals surface area (Å²) in [7, 11) is 1.41. The van der Waals surface area contributed by atoms with Gasteiger partial charge in [-0.1, -0.05) is 6.07 Å². The van der Waals surface area contributed by atoms with Crippen molar-refractivity contribution in [3.63, 3.8) is 0 Å². The van der Waals surface area contributed by atoms with Gasteiger partial charge in [0.25, 0.3) is 11.6 Å². The van der Waals surface area contributed by atoms with Crippen molar-refractivity contribution >= 4 is 38.8 Å². The number of aryl methyl sites for hydroxylation is 1. The molecule has 0 spiro atoms. The van der Waals surface area contributed by atoms with Crippen LogP contribution in [-0.4, -0.2) is 29.5 Å². The minimum Gasteiger partial charge on any atom is -0.493 e. The number of hydrogen-bond donors (Lipinski definition) is 1. The van der Waals surface area contributed by atoms with Crippen LogP contribution < -0.4 is 14.8 Å². The molecule has 0 unspecified atom stereocenters. The van der Waals surface area contributed by atoms with E-state index in [9.17, 15) is 14.9 Å². The highest BCUT2D eigenvalue weighted by atomic mass is 32.1. The van der Waals surface area contributed by atoms with E-state index in [1.807, 2.05) is 31.2 Å². The van der Waals surface area contributed by atoms with Gasteiger partial charge in [0.05, 0.1) is 34.9 Å². The van der Waals surface area contributed by atoms with Gasteiger partial charge in [-0.2, -0.15) is 0 Å². The Hall–Kier alpha value is -3.98. The van der Waals surface area contributed by atoms with E-state index in [-0.39, 0.29) is 22.7 Å². The lowest BCUT2D eigenvalue weighted by Crippen LogP contribution is -2.14. The molecular formula is C24H21N3O5S. The van der Waals surface area contributed by atoms with Gasteiger partial charge >= 0.3 is 0 Å². The van der Waals surface area contributed by atoms with Gasteiger partial charge in [0.2, 0.25) is 0 Å². The monoisotopic (exact) mass is 463 g/mol. The highest BCUT2D eigenvalue weighted by Gasteiger charge is 2.25. The molecule has 0 fully saturated rings. The van der Waals surface area contributed by atoms with E-state index < -0.39 is 10.8 Å². The first-order valence-electron chi connectivity index (χ1n) is 10.2. The number of nitrogens with zero attached hydrogens (tertiary/aromatic N) is 2. The summed E-state index contributed by atoms with van der Waals surface area (Å²) in [5.74, 6) is -0.168. The second kappa shape index (κ2) is 9.25. The SMILES string of the molecule is CCOc1cc([N+](=O)[O-])c(C(=O)Nc2ccc(-c3nc4ccc(C)cc4s3)cc2)cc1OC. The lowest BCUT2D eigenvalue weighted by Gasteiger charge is -2.12. The highest BCUT2D eigenvalue weighted by Crippen LogP contribution is 2.35. The molecule has 8 nitrogen and oxygen atoms in total. The van der Waals surface area contributed by atoms with Gasteiger partial charge in [0.1, 0.15) is 10.6 Å². The van der Waals surface area contributed by atoms with Crippen LogP contribution in [0, 0.1) is 17.0 Å². The minimum atomic E-state index is -0.619. The van der Waals surface area contributed by atoms with Crippen LogP contribution in [0.15, 0.2) is 54.6 Å². The van der Waals surface area contributed by atoms with E-state index in [2.05, 4.69) is 16.4 Å². The van der Waals surface area contributed by atoms with Crippen LogP contribution in [0.3, 0.4) is 0 Å². The molecule has 0 radical (unpaired) electrons. The number of carbonyl (C=O) groups is 1. The molecular weight excluding hydrogens is 442 g/mol. The molecule has 0 atom stereocenters. The number of aromatic nitrogens is 1. The number of fused-ring (bicyclic) bond motifs is 1. The van der Waals surface area contributed by atoms with Crippen molar-refractivity contribution < 1.29 is 19.2 Å². The number of benzene rings is 3. The molecule has 0 bridgehead atoms. The van der Waals surface area contributed by atoms with Gasteiger partial charge < -0.3 is 14.8 Å². The van der Waals surface area contributed by atoms with Gasteiger partial charge in [-0.3, -0.25) is 14.9 Å². The minimum absolute atomic E-state index is 0.120. The Balaban J connectivity index is 1.59. The average Bonchev–Trinajstić information content (AvgIpc) is 3.22. The number of methoxy groups -OCH3 is 1. The fraction of sp³-hybridized carbons (Fsp3) is 0.167. The number of nitro benzene ring substituents is 1. The molecule has 0 aliphatic heterocycles. The first-order valence-corrected chi connectivity index (χ1v) is 11.0. The third kappa shape index (κ3) is 4.63. The number of carbonyl (C=O) groups excluding carboxylic acids is 1. The van der Waals surface area contributed by atoms with Gasteiger partial charge in [-0.15, -0.1) is 11.3 Å². The molecule has 168 valence electrons. The van der Waals surface area contributed by atoms with Crippen LogP contribution in [-0.2, 0) is 0 Å². The molecule has 4 aromatic rings. The quantitative estimate of drug-likeness (QED) is 0.273. The topological polar surface area (TPSA) is 104 Å². The maximum absolute atomic E-state index is 12.9. The smallest absolute Gasteiger partial charge is 0.286 e. The number of amides is 1. The molecule has 1 amide bonds. The number of nitro groups is 1. The summed E-state index contributed by atoms with van der Waals surface area (Å²) in [6.45, 7) is 4.10. The third-order valence-corrected chi connectivity index (χ3v) is 6.02. The predicted molar refractivity (Wildman–Crippen MR) is 129 cm³/mol. The van der Waals surface area contributed by atoms with Crippen LogP contribution in [0.2, 0.25) is 0 Å². The summed E-state index contributed by atoms with van der Waals surface area (Å²) in [4.78, 5) is 28.5. The molecule has 4 rings (SSSR count). The summed E-state index contributed by atoms with van der Waals surface area (Å²) in [6, 6.07) is 15.8. The van der Waals surface area contributed by atoms with Gasteiger partial charge in [0, 0.05) is 17.3 Å². The summed E-state index contributed by atoms with van der Waals surface area (Å²) in [6.07, 6.45) is 0. The van der Waals surface area contributed by atoms with E-state index in [0.717, 1.165) is 20.8 Å². The Morgan fingerprint density at radius 1 is 1.12 bits per heavy atom. The van der Waals surface area contributed by atoms with E-state index in [4.69, 9.17) is 9.47 Å². The van der Waals surface area contributed by atoms with Crippen molar-refractivity contribution in [2.24, 2.45) is 0 Å². The number of anilines is 1. The van der Waals surface area contributed by atoms with E-state index >= 15 is 0 Å². The second-order valence-electron chi connectivity index (χ2n) is 7.23. The first-order chi connectivity index (χ1) is 15.9. The fourth-order valence-electron chi connectivity index (χ4n) is 3.36. The van der Waals surface area contributed by atoms with E-state index in [1.165, 1.54) is 24.8 Å². The summed E-state index contributed by atoms with van der Waals surface area (Å²) in [5.41, 5.74) is 3.05. The van der Waals surface area contributed by atoms with Gasteiger partial charge in [-0.25, -0.2) is 4.98 Å². The molecule has 9 heteroatoms. The van der Waals surface area contributed by atoms with Crippen LogP contribution in [0.1, 0.15) is 22.8 Å². The first kappa shape index (κ1) is 22.2. The number of hydrogen-bond acceptors (Lipinski definition) is 7. The van der Waals surface area contributed by atoms with Gasteiger partial charge in [0.15, 0.2) is 11.5 Å². The molecule has 3 aromatic carbocycles. The molecule has 0 aliphatic carbocycles. The Morgan fingerprint density at radius 2 is 1.88 bits per heavy atom.